The van der Waals surface area contributed by atoms with Gasteiger partial charge in [-0.2, -0.15) is 4.98 Å². The first-order chi connectivity index (χ1) is 6.50. The fraction of sp³-hybridized carbons (Fsp3) is 0.625. The van der Waals surface area contributed by atoms with Crippen LogP contribution in [0.2, 0.25) is 5.15 Å². The van der Waals surface area contributed by atoms with Crippen LogP contribution in [0.1, 0.15) is 20.8 Å². The highest BCUT2D eigenvalue weighted by molar-refractivity contribution is 6.31. The molecule has 6 heteroatoms. The molecule has 0 aliphatic rings. The molecule has 14 heavy (non-hydrogen) atoms. The van der Waals surface area contributed by atoms with Gasteiger partial charge < -0.3 is 11.1 Å². The number of nitrogens with one attached hydrogen (secondary N) is 1. The number of aromatic nitrogens is 3. The third-order valence-corrected chi connectivity index (χ3v) is 2.30. The van der Waals surface area contributed by atoms with Crippen molar-refractivity contribution in [1.29, 1.82) is 0 Å². The first kappa shape index (κ1) is 11.0. The fourth-order valence-corrected chi connectivity index (χ4v) is 0.837. The van der Waals surface area contributed by atoms with Gasteiger partial charge in [0.15, 0.2) is 11.0 Å². The Kier molecular flexibility index (Phi) is 3.46. The van der Waals surface area contributed by atoms with E-state index in [2.05, 4.69) is 34.3 Å². The van der Waals surface area contributed by atoms with Crippen molar-refractivity contribution in [2.75, 3.05) is 11.1 Å². The molecule has 5 nitrogen and oxygen atoms in total. The van der Waals surface area contributed by atoms with E-state index in [1.807, 2.05) is 6.92 Å². The largest absolute Gasteiger partial charge is 0.381 e. The lowest BCUT2D eigenvalue weighted by molar-refractivity contribution is 0.555. The van der Waals surface area contributed by atoms with Crippen molar-refractivity contribution in [2.45, 2.75) is 26.8 Å². The summed E-state index contributed by atoms with van der Waals surface area (Å²) >= 11 is 5.59. The van der Waals surface area contributed by atoms with E-state index in [0.717, 1.165) is 0 Å². The lowest BCUT2D eigenvalue weighted by Gasteiger charge is -2.16. The molecule has 0 amide bonds. The molecule has 0 aliphatic carbocycles. The minimum atomic E-state index is 0.132. The minimum absolute atomic E-state index is 0.132. The number of nitrogens with zero attached hydrogens (tertiary/aromatic N) is 3. The van der Waals surface area contributed by atoms with Crippen molar-refractivity contribution < 1.29 is 0 Å². The van der Waals surface area contributed by atoms with Crippen molar-refractivity contribution in [2.24, 2.45) is 5.92 Å². The predicted molar refractivity (Wildman–Crippen MR) is 57.2 cm³/mol. The summed E-state index contributed by atoms with van der Waals surface area (Å²) < 4.78 is 0. The van der Waals surface area contributed by atoms with Crippen LogP contribution in [-0.4, -0.2) is 21.2 Å². The Balaban J connectivity index is 2.73. The van der Waals surface area contributed by atoms with E-state index in [4.69, 9.17) is 17.3 Å². The van der Waals surface area contributed by atoms with Crippen molar-refractivity contribution in [3.8, 4) is 0 Å². The summed E-state index contributed by atoms with van der Waals surface area (Å²) in [7, 11) is 0. The summed E-state index contributed by atoms with van der Waals surface area (Å²) in [5.74, 6) is 1.09. The van der Waals surface area contributed by atoms with E-state index in [0.29, 0.717) is 11.9 Å². The van der Waals surface area contributed by atoms with Gasteiger partial charge in [0.05, 0.1) is 0 Å². The topological polar surface area (TPSA) is 76.7 Å². The van der Waals surface area contributed by atoms with Crippen LogP contribution in [0.25, 0.3) is 0 Å². The van der Waals surface area contributed by atoms with Gasteiger partial charge in [-0.3, -0.25) is 0 Å². The maximum atomic E-state index is 5.59. The zero-order valence-electron chi connectivity index (χ0n) is 8.45. The van der Waals surface area contributed by atoms with Gasteiger partial charge in [-0.1, -0.05) is 25.4 Å². The maximum absolute atomic E-state index is 5.59. The number of nitrogen functional groups attached to an aromatic ring is 1. The number of anilines is 2. The first-order valence-corrected chi connectivity index (χ1v) is 4.80. The van der Waals surface area contributed by atoms with E-state index < -0.39 is 0 Å². The molecule has 0 fully saturated rings. The highest BCUT2D eigenvalue weighted by Crippen LogP contribution is 2.13. The van der Waals surface area contributed by atoms with Gasteiger partial charge in [0.1, 0.15) is 0 Å². The zero-order valence-corrected chi connectivity index (χ0v) is 9.21. The van der Waals surface area contributed by atoms with Crippen LogP contribution in [0, 0.1) is 5.92 Å². The lowest BCUT2D eigenvalue weighted by atomic mass is 10.1. The molecule has 0 aromatic carbocycles. The van der Waals surface area contributed by atoms with Crippen LogP contribution in [0.5, 0.6) is 0 Å². The smallest absolute Gasteiger partial charge is 0.245 e. The molecule has 1 heterocycles. The normalized spacial score (nSPS) is 12.9. The molecule has 1 rings (SSSR count). The van der Waals surface area contributed by atoms with E-state index in [1.54, 1.807) is 0 Å². The summed E-state index contributed by atoms with van der Waals surface area (Å²) in [6, 6.07) is 0.261. The Hall–Kier alpha value is -1.10. The van der Waals surface area contributed by atoms with E-state index >= 15 is 0 Å². The molecule has 0 bridgehead atoms. The van der Waals surface area contributed by atoms with Crippen molar-refractivity contribution in [1.82, 2.24) is 15.2 Å². The lowest BCUT2D eigenvalue weighted by Crippen LogP contribution is -2.23. The highest BCUT2D eigenvalue weighted by Gasteiger charge is 2.09. The van der Waals surface area contributed by atoms with E-state index in [9.17, 15) is 0 Å². The Morgan fingerprint density at radius 3 is 2.43 bits per heavy atom. The molecule has 0 aliphatic heterocycles. The van der Waals surface area contributed by atoms with Crippen LogP contribution >= 0.6 is 11.6 Å². The van der Waals surface area contributed by atoms with Crippen LogP contribution in [0.3, 0.4) is 0 Å². The minimum Gasteiger partial charge on any atom is -0.381 e. The predicted octanol–water partition coefficient (Wildman–Crippen LogP) is 1.56. The summed E-state index contributed by atoms with van der Waals surface area (Å²) in [5, 5.41) is 10.7. The van der Waals surface area contributed by atoms with Gasteiger partial charge in [0, 0.05) is 6.04 Å². The first-order valence-electron chi connectivity index (χ1n) is 4.43. The molecule has 3 N–H and O–H groups in total. The highest BCUT2D eigenvalue weighted by atomic mass is 35.5. The number of nitrogens with two attached hydrogens (primary N) is 1. The molecule has 1 atom stereocenters. The average molecular weight is 216 g/mol. The molecular weight excluding hydrogens is 202 g/mol. The number of hydrogen-bond donors (Lipinski definition) is 2. The van der Waals surface area contributed by atoms with E-state index in [-0.39, 0.29) is 17.0 Å². The molecular formula is C8H14ClN5. The summed E-state index contributed by atoms with van der Waals surface area (Å²) in [5.41, 5.74) is 5.49. The zero-order chi connectivity index (χ0) is 10.7. The van der Waals surface area contributed by atoms with Crippen LogP contribution < -0.4 is 11.1 Å². The Morgan fingerprint density at radius 1 is 1.29 bits per heavy atom. The Labute approximate surface area is 88.1 Å². The number of hydrogen-bond acceptors (Lipinski definition) is 5. The molecule has 0 spiro atoms. The SMILES string of the molecule is CC(C)C(C)Nc1nnc(Cl)c(N)n1. The van der Waals surface area contributed by atoms with Gasteiger partial charge >= 0.3 is 0 Å². The second-order valence-electron chi connectivity index (χ2n) is 3.49. The molecule has 1 unspecified atom stereocenters. The molecule has 0 saturated carbocycles. The average Bonchev–Trinajstić information content (AvgIpc) is 2.11. The van der Waals surface area contributed by atoms with Crippen molar-refractivity contribution >= 4 is 23.4 Å². The Morgan fingerprint density at radius 2 is 1.93 bits per heavy atom. The van der Waals surface area contributed by atoms with Crippen molar-refractivity contribution in [3.05, 3.63) is 5.15 Å². The number of rotatable bonds is 3. The third kappa shape index (κ3) is 2.70. The second-order valence-corrected chi connectivity index (χ2v) is 3.85. The molecule has 1 aromatic rings. The monoisotopic (exact) mass is 215 g/mol. The van der Waals surface area contributed by atoms with Gasteiger partial charge in [0.2, 0.25) is 5.95 Å². The fourth-order valence-electron chi connectivity index (χ4n) is 0.757. The van der Waals surface area contributed by atoms with Gasteiger partial charge in [0.25, 0.3) is 0 Å². The second kappa shape index (κ2) is 4.41. The Bertz CT molecular complexity index is 315. The van der Waals surface area contributed by atoms with Gasteiger partial charge in [-0.25, -0.2) is 0 Å². The van der Waals surface area contributed by atoms with Crippen molar-refractivity contribution in [3.63, 3.8) is 0 Å². The standard InChI is InChI=1S/C8H14ClN5/c1-4(2)5(3)11-8-12-7(10)6(9)13-14-8/h4-5H,1-3H3,(H3,10,11,12,14). The third-order valence-electron chi connectivity index (χ3n) is 2.03. The molecule has 0 radical (unpaired) electrons. The van der Waals surface area contributed by atoms with Gasteiger partial charge in [-0.15, -0.1) is 10.2 Å². The van der Waals surface area contributed by atoms with Crippen LogP contribution in [0.15, 0.2) is 0 Å². The van der Waals surface area contributed by atoms with Crippen LogP contribution in [0.4, 0.5) is 11.8 Å². The summed E-state index contributed by atoms with van der Waals surface area (Å²) in [6.45, 7) is 6.24. The summed E-state index contributed by atoms with van der Waals surface area (Å²) in [6.07, 6.45) is 0. The summed E-state index contributed by atoms with van der Waals surface area (Å²) in [4.78, 5) is 3.96. The van der Waals surface area contributed by atoms with E-state index in [1.165, 1.54) is 0 Å². The van der Waals surface area contributed by atoms with Gasteiger partial charge in [-0.05, 0) is 12.8 Å². The molecule has 0 saturated heterocycles. The maximum Gasteiger partial charge on any atom is 0.245 e. The number of halogens is 1. The van der Waals surface area contributed by atoms with Crippen LogP contribution in [-0.2, 0) is 0 Å². The quantitative estimate of drug-likeness (QED) is 0.800. The molecule has 78 valence electrons. The molecule has 1 aromatic heterocycles.